The van der Waals surface area contributed by atoms with Crippen molar-refractivity contribution in [1.82, 2.24) is 10.2 Å². The molecule has 5 rings (SSSR count). The van der Waals surface area contributed by atoms with Crippen molar-refractivity contribution >= 4 is 11.8 Å². The lowest BCUT2D eigenvalue weighted by molar-refractivity contribution is -0.150. The SMILES string of the molecule is Cc1ccc([C@@H](C(=O)NC2CCCCC2)N(Cc2ccco2)C(=O)[C@H]2COc3ccccc3O2)o1. The molecule has 35 heavy (non-hydrogen) atoms. The highest BCUT2D eigenvalue weighted by Gasteiger charge is 2.40. The van der Waals surface area contributed by atoms with Crippen LogP contribution in [0.4, 0.5) is 0 Å². The summed E-state index contributed by atoms with van der Waals surface area (Å²) >= 11 is 0. The summed E-state index contributed by atoms with van der Waals surface area (Å²) in [5, 5.41) is 3.16. The molecule has 1 fully saturated rings. The van der Waals surface area contributed by atoms with Crippen LogP contribution in [0.3, 0.4) is 0 Å². The first-order valence-corrected chi connectivity index (χ1v) is 12.2. The fourth-order valence-electron chi connectivity index (χ4n) is 4.74. The maximum atomic E-state index is 13.9. The number of amides is 2. The molecule has 1 N–H and O–H groups in total. The zero-order valence-corrected chi connectivity index (χ0v) is 19.8. The second-order valence-electron chi connectivity index (χ2n) is 9.10. The number of para-hydroxylation sites is 2. The van der Waals surface area contributed by atoms with E-state index < -0.39 is 12.1 Å². The van der Waals surface area contributed by atoms with Crippen LogP contribution in [-0.4, -0.2) is 35.5 Å². The summed E-state index contributed by atoms with van der Waals surface area (Å²) in [5.41, 5.74) is 0. The predicted molar refractivity (Wildman–Crippen MR) is 127 cm³/mol. The van der Waals surface area contributed by atoms with Crippen LogP contribution in [-0.2, 0) is 16.1 Å². The lowest BCUT2D eigenvalue weighted by atomic mass is 9.95. The molecular weight excluding hydrogens is 448 g/mol. The van der Waals surface area contributed by atoms with Crippen molar-refractivity contribution in [3.8, 4) is 11.5 Å². The molecule has 2 aliphatic rings. The second-order valence-corrected chi connectivity index (χ2v) is 9.10. The van der Waals surface area contributed by atoms with Gasteiger partial charge in [0.05, 0.1) is 12.8 Å². The van der Waals surface area contributed by atoms with E-state index in [0.717, 1.165) is 25.7 Å². The van der Waals surface area contributed by atoms with Gasteiger partial charge in [-0.1, -0.05) is 31.4 Å². The summed E-state index contributed by atoms with van der Waals surface area (Å²) in [7, 11) is 0. The zero-order chi connectivity index (χ0) is 24.2. The number of carbonyl (C=O) groups is 2. The molecule has 0 spiro atoms. The van der Waals surface area contributed by atoms with Crippen molar-refractivity contribution in [3.63, 3.8) is 0 Å². The standard InChI is InChI=1S/C27H30N2O6/c1-18-13-14-23(34-18)25(26(30)28-19-8-3-2-4-9-19)29(16-20-10-7-15-32-20)27(31)24-17-33-21-11-5-6-12-22(21)35-24/h5-7,10-15,19,24-25H,2-4,8-9,16-17H2,1H3,(H,28,30)/t24-,25+/m1/s1. The highest BCUT2D eigenvalue weighted by atomic mass is 16.6. The Kier molecular flexibility index (Phi) is 6.79. The average Bonchev–Trinajstić information content (AvgIpc) is 3.55. The smallest absolute Gasteiger partial charge is 0.268 e. The van der Waals surface area contributed by atoms with Crippen LogP contribution in [0.2, 0.25) is 0 Å². The molecule has 2 amide bonds. The van der Waals surface area contributed by atoms with Gasteiger partial charge in [-0.05, 0) is 56.2 Å². The van der Waals surface area contributed by atoms with E-state index in [2.05, 4.69) is 5.32 Å². The monoisotopic (exact) mass is 478 g/mol. The Morgan fingerprint density at radius 1 is 1.03 bits per heavy atom. The van der Waals surface area contributed by atoms with E-state index in [-0.39, 0.29) is 31.0 Å². The highest BCUT2D eigenvalue weighted by Crippen LogP contribution is 2.33. The van der Waals surface area contributed by atoms with Gasteiger partial charge in [-0.15, -0.1) is 0 Å². The Bertz CT molecular complexity index is 1150. The summed E-state index contributed by atoms with van der Waals surface area (Å²) in [5.74, 6) is 2.03. The fourth-order valence-corrected chi connectivity index (χ4v) is 4.74. The van der Waals surface area contributed by atoms with E-state index in [9.17, 15) is 9.59 Å². The van der Waals surface area contributed by atoms with Gasteiger partial charge in [-0.3, -0.25) is 9.59 Å². The van der Waals surface area contributed by atoms with Crippen LogP contribution >= 0.6 is 0 Å². The Morgan fingerprint density at radius 2 is 1.83 bits per heavy atom. The molecule has 0 unspecified atom stereocenters. The first kappa shape index (κ1) is 23.1. The van der Waals surface area contributed by atoms with E-state index in [1.165, 1.54) is 11.3 Å². The van der Waals surface area contributed by atoms with E-state index in [4.69, 9.17) is 18.3 Å². The molecule has 3 heterocycles. The predicted octanol–water partition coefficient (Wildman–Crippen LogP) is 4.54. The van der Waals surface area contributed by atoms with Crippen molar-refractivity contribution in [2.45, 2.75) is 63.8 Å². The minimum absolute atomic E-state index is 0.0403. The fraction of sp³-hybridized carbons (Fsp3) is 0.407. The Hall–Kier alpha value is -3.68. The number of ether oxygens (including phenoxy) is 2. The van der Waals surface area contributed by atoms with Gasteiger partial charge in [0.1, 0.15) is 23.9 Å². The number of rotatable bonds is 7. The van der Waals surface area contributed by atoms with Gasteiger partial charge in [-0.2, -0.15) is 0 Å². The normalized spacial score (nSPS) is 18.6. The second kappa shape index (κ2) is 10.3. The lowest BCUT2D eigenvalue weighted by Crippen LogP contribution is -2.52. The molecule has 0 bridgehead atoms. The minimum atomic E-state index is -0.982. The molecule has 1 aliphatic carbocycles. The topological polar surface area (TPSA) is 94.2 Å². The molecule has 0 radical (unpaired) electrons. The van der Waals surface area contributed by atoms with Crippen LogP contribution in [0.15, 0.2) is 63.6 Å². The van der Waals surface area contributed by atoms with Crippen molar-refractivity contribution in [2.75, 3.05) is 6.61 Å². The Balaban J connectivity index is 1.46. The zero-order valence-electron chi connectivity index (χ0n) is 19.8. The van der Waals surface area contributed by atoms with Gasteiger partial charge in [0.25, 0.3) is 11.8 Å². The van der Waals surface area contributed by atoms with Crippen molar-refractivity contribution in [2.24, 2.45) is 0 Å². The molecule has 1 saturated carbocycles. The van der Waals surface area contributed by atoms with Gasteiger partial charge in [0.15, 0.2) is 17.5 Å². The molecule has 1 aliphatic heterocycles. The van der Waals surface area contributed by atoms with Crippen molar-refractivity contribution in [3.05, 3.63) is 72.1 Å². The molecular formula is C27H30N2O6. The number of furan rings is 2. The van der Waals surface area contributed by atoms with Crippen LogP contribution in [0.1, 0.15) is 55.4 Å². The van der Waals surface area contributed by atoms with Gasteiger partial charge in [0.2, 0.25) is 6.10 Å². The van der Waals surface area contributed by atoms with Crippen LogP contribution in [0, 0.1) is 6.92 Å². The van der Waals surface area contributed by atoms with Gasteiger partial charge < -0.3 is 28.5 Å². The van der Waals surface area contributed by atoms with Crippen LogP contribution in [0.5, 0.6) is 11.5 Å². The molecule has 8 heteroatoms. The van der Waals surface area contributed by atoms with Gasteiger partial charge in [-0.25, -0.2) is 0 Å². The number of fused-ring (bicyclic) bond motifs is 1. The van der Waals surface area contributed by atoms with Crippen LogP contribution < -0.4 is 14.8 Å². The number of hydrogen-bond acceptors (Lipinski definition) is 6. The summed E-state index contributed by atoms with van der Waals surface area (Å²) in [6, 6.07) is 13.4. The molecule has 3 aromatic rings. The summed E-state index contributed by atoms with van der Waals surface area (Å²) in [6.07, 6.45) is 5.82. The number of nitrogens with one attached hydrogen (secondary N) is 1. The molecule has 8 nitrogen and oxygen atoms in total. The molecule has 184 valence electrons. The van der Waals surface area contributed by atoms with E-state index in [0.29, 0.717) is 28.8 Å². The molecule has 0 saturated heterocycles. The molecule has 2 aromatic heterocycles. The number of aryl methyl sites for hydroxylation is 1. The third-order valence-corrected chi connectivity index (χ3v) is 6.52. The molecule has 2 atom stereocenters. The Labute approximate surface area is 204 Å². The number of carbonyl (C=O) groups excluding carboxylic acids is 2. The van der Waals surface area contributed by atoms with Gasteiger partial charge >= 0.3 is 0 Å². The maximum absolute atomic E-state index is 13.9. The number of hydrogen-bond donors (Lipinski definition) is 1. The van der Waals surface area contributed by atoms with Crippen molar-refractivity contribution in [1.29, 1.82) is 0 Å². The van der Waals surface area contributed by atoms with E-state index in [1.807, 2.05) is 19.1 Å². The average molecular weight is 479 g/mol. The Morgan fingerprint density at radius 3 is 2.54 bits per heavy atom. The largest absolute Gasteiger partial charge is 0.485 e. The first-order chi connectivity index (χ1) is 17.1. The summed E-state index contributed by atoms with van der Waals surface area (Å²) in [4.78, 5) is 29.1. The number of benzene rings is 1. The van der Waals surface area contributed by atoms with Crippen molar-refractivity contribution < 1.29 is 27.9 Å². The maximum Gasteiger partial charge on any atom is 0.268 e. The third kappa shape index (κ3) is 5.21. The number of nitrogens with zero attached hydrogens (tertiary/aromatic N) is 1. The first-order valence-electron chi connectivity index (χ1n) is 12.2. The minimum Gasteiger partial charge on any atom is -0.485 e. The summed E-state index contributed by atoms with van der Waals surface area (Å²) < 4.78 is 23.2. The molecule has 1 aromatic carbocycles. The van der Waals surface area contributed by atoms with Crippen LogP contribution in [0.25, 0.3) is 0 Å². The highest BCUT2D eigenvalue weighted by molar-refractivity contribution is 5.90. The van der Waals surface area contributed by atoms with E-state index in [1.54, 1.807) is 42.7 Å². The van der Waals surface area contributed by atoms with Gasteiger partial charge in [0, 0.05) is 6.04 Å². The quantitative estimate of drug-likeness (QED) is 0.536. The summed E-state index contributed by atoms with van der Waals surface area (Å²) in [6.45, 7) is 1.93. The lowest BCUT2D eigenvalue weighted by Gasteiger charge is -2.35. The third-order valence-electron chi connectivity index (χ3n) is 6.52. The van der Waals surface area contributed by atoms with E-state index >= 15 is 0 Å².